The van der Waals surface area contributed by atoms with Crippen LogP contribution in [0.15, 0.2) is 42.6 Å². The molecule has 0 aliphatic rings. The van der Waals surface area contributed by atoms with E-state index in [-0.39, 0.29) is 0 Å². The zero-order valence-corrected chi connectivity index (χ0v) is 11.8. The summed E-state index contributed by atoms with van der Waals surface area (Å²) in [6.07, 6.45) is 6.41. The molecule has 2 heteroatoms. The van der Waals surface area contributed by atoms with Crippen LogP contribution in [0, 0.1) is 0 Å². The highest BCUT2D eigenvalue weighted by atomic mass is 14.8. The topological polar surface area (TPSA) is 24.9 Å². The summed E-state index contributed by atoms with van der Waals surface area (Å²) in [4.78, 5) is 4.41. The highest BCUT2D eigenvalue weighted by Crippen LogP contribution is 2.19. The third-order valence-corrected chi connectivity index (χ3v) is 3.26. The maximum atomic E-state index is 4.41. The molecule has 2 aromatic rings. The lowest BCUT2D eigenvalue weighted by molar-refractivity contribution is 0.678. The summed E-state index contributed by atoms with van der Waals surface area (Å²) in [5.74, 6) is 0. The summed E-state index contributed by atoms with van der Waals surface area (Å²) < 4.78 is 0. The molecule has 1 aromatic carbocycles. The molecule has 0 bridgehead atoms. The maximum absolute atomic E-state index is 4.41. The van der Waals surface area contributed by atoms with Gasteiger partial charge in [0.15, 0.2) is 0 Å². The molecule has 0 saturated heterocycles. The molecule has 100 valence electrons. The third-order valence-electron chi connectivity index (χ3n) is 3.26. The van der Waals surface area contributed by atoms with Gasteiger partial charge in [-0.2, -0.15) is 0 Å². The van der Waals surface area contributed by atoms with E-state index in [9.17, 15) is 0 Å². The van der Waals surface area contributed by atoms with E-state index in [4.69, 9.17) is 0 Å². The molecule has 0 fully saturated rings. The Kier molecular flexibility index (Phi) is 5.10. The van der Waals surface area contributed by atoms with Crippen LogP contribution in [0.4, 0.5) is 0 Å². The second-order valence-electron chi connectivity index (χ2n) is 4.84. The number of hydrogen-bond acceptors (Lipinski definition) is 2. The molecule has 1 heterocycles. The van der Waals surface area contributed by atoms with Crippen LogP contribution < -0.4 is 5.32 Å². The van der Waals surface area contributed by atoms with Gasteiger partial charge in [0.2, 0.25) is 0 Å². The van der Waals surface area contributed by atoms with Gasteiger partial charge in [-0.15, -0.1) is 0 Å². The van der Waals surface area contributed by atoms with Crippen LogP contribution in [0.5, 0.6) is 0 Å². The molecule has 0 radical (unpaired) electrons. The summed E-state index contributed by atoms with van der Waals surface area (Å²) >= 11 is 0. The first-order valence-electron chi connectivity index (χ1n) is 7.04. The summed E-state index contributed by atoms with van der Waals surface area (Å²) in [5, 5.41) is 4.61. The van der Waals surface area contributed by atoms with Gasteiger partial charge in [0.05, 0.1) is 5.52 Å². The Labute approximate surface area is 115 Å². The van der Waals surface area contributed by atoms with E-state index >= 15 is 0 Å². The van der Waals surface area contributed by atoms with Gasteiger partial charge in [0.25, 0.3) is 0 Å². The molecule has 0 aliphatic carbocycles. The van der Waals surface area contributed by atoms with Crippen molar-refractivity contribution < 1.29 is 0 Å². The van der Waals surface area contributed by atoms with Crippen molar-refractivity contribution in [3.05, 3.63) is 48.2 Å². The largest absolute Gasteiger partial charge is 0.316 e. The Morgan fingerprint density at radius 1 is 1.26 bits per heavy atom. The van der Waals surface area contributed by atoms with Crippen LogP contribution in [-0.2, 0) is 0 Å². The van der Waals surface area contributed by atoms with Crippen LogP contribution in [-0.4, -0.2) is 18.1 Å². The van der Waals surface area contributed by atoms with Crippen molar-refractivity contribution in [1.29, 1.82) is 0 Å². The number of hydrogen-bond donors (Lipinski definition) is 1. The molecule has 0 atom stereocenters. The standard InChI is InChI=1S/C17H22N2/c1-3-10-18-11-4-6-14(2)16-9-8-15-7-5-12-19-17(15)13-16/h5-9,12-13,18H,3-4,10-11H2,1-2H3/b14-6-. The van der Waals surface area contributed by atoms with Crippen LogP contribution in [0.25, 0.3) is 16.5 Å². The van der Waals surface area contributed by atoms with Gasteiger partial charge in [-0.3, -0.25) is 4.98 Å². The lowest BCUT2D eigenvalue weighted by Crippen LogP contribution is -2.15. The predicted molar refractivity (Wildman–Crippen MR) is 83.2 cm³/mol. The zero-order chi connectivity index (χ0) is 13.5. The normalized spacial score (nSPS) is 12.0. The van der Waals surface area contributed by atoms with E-state index in [1.54, 1.807) is 0 Å². The quantitative estimate of drug-likeness (QED) is 0.787. The summed E-state index contributed by atoms with van der Waals surface area (Å²) in [6.45, 7) is 6.52. The summed E-state index contributed by atoms with van der Waals surface area (Å²) in [6, 6.07) is 10.6. The molecule has 0 amide bonds. The first-order valence-corrected chi connectivity index (χ1v) is 7.04. The van der Waals surface area contributed by atoms with Gasteiger partial charge in [-0.25, -0.2) is 0 Å². The number of benzene rings is 1. The molecule has 0 unspecified atom stereocenters. The number of rotatable bonds is 6. The lowest BCUT2D eigenvalue weighted by Gasteiger charge is -2.04. The molecule has 19 heavy (non-hydrogen) atoms. The summed E-state index contributed by atoms with van der Waals surface area (Å²) in [7, 11) is 0. The average Bonchev–Trinajstić information content (AvgIpc) is 2.46. The van der Waals surface area contributed by atoms with Crippen LogP contribution in [0.3, 0.4) is 0 Å². The fourth-order valence-electron chi connectivity index (χ4n) is 2.12. The number of nitrogens with one attached hydrogen (secondary N) is 1. The third kappa shape index (κ3) is 3.90. The maximum Gasteiger partial charge on any atom is 0.0708 e. The minimum absolute atomic E-state index is 1.05. The van der Waals surface area contributed by atoms with Crippen molar-refractivity contribution in [1.82, 2.24) is 10.3 Å². The number of allylic oxidation sites excluding steroid dienone is 1. The minimum Gasteiger partial charge on any atom is -0.316 e. The average molecular weight is 254 g/mol. The van der Waals surface area contributed by atoms with E-state index in [0.29, 0.717) is 0 Å². The van der Waals surface area contributed by atoms with Crippen molar-refractivity contribution in [2.24, 2.45) is 0 Å². The Hall–Kier alpha value is -1.67. The van der Waals surface area contributed by atoms with Crippen LogP contribution in [0.1, 0.15) is 32.3 Å². The first kappa shape index (κ1) is 13.8. The molecule has 0 spiro atoms. The van der Waals surface area contributed by atoms with E-state index in [1.807, 2.05) is 12.3 Å². The molecular weight excluding hydrogens is 232 g/mol. The van der Waals surface area contributed by atoms with Gasteiger partial charge in [0.1, 0.15) is 0 Å². The molecule has 2 rings (SSSR count). The van der Waals surface area contributed by atoms with Crippen molar-refractivity contribution in [2.75, 3.05) is 13.1 Å². The van der Waals surface area contributed by atoms with Crippen LogP contribution >= 0.6 is 0 Å². The second kappa shape index (κ2) is 7.05. The van der Waals surface area contributed by atoms with Gasteiger partial charge >= 0.3 is 0 Å². The molecule has 0 aliphatic heterocycles. The smallest absolute Gasteiger partial charge is 0.0708 e. The summed E-state index contributed by atoms with van der Waals surface area (Å²) in [5.41, 5.74) is 3.66. The van der Waals surface area contributed by atoms with E-state index in [0.717, 1.165) is 25.0 Å². The SMILES string of the molecule is CCCNCC/C=C(/C)c1ccc2cccnc2c1. The van der Waals surface area contributed by atoms with Crippen molar-refractivity contribution in [3.8, 4) is 0 Å². The Bertz CT molecular complexity index is 558. The van der Waals surface area contributed by atoms with Crippen molar-refractivity contribution in [2.45, 2.75) is 26.7 Å². The van der Waals surface area contributed by atoms with E-state index in [1.165, 1.54) is 22.9 Å². The van der Waals surface area contributed by atoms with Gasteiger partial charge in [0, 0.05) is 11.6 Å². The monoisotopic (exact) mass is 254 g/mol. The molecule has 0 saturated carbocycles. The lowest BCUT2D eigenvalue weighted by atomic mass is 10.0. The van der Waals surface area contributed by atoms with E-state index < -0.39 is 0 Å². The Balaban J connectivity index is 2.04. The molecular formula is C17H22N2. The second-order valence-corrected chi connectivity index (χ2v) is 4.84. The fraction of sp³-hybridized carbons (Fsp3) is 0.353. The molecule has 1 aromatic heterocycles. The Morgan fingerprint density at radius 3 is 3.00 bits per heavy atom. The van der Waals surface area contributed by atoms with E-state index in [2.05, 4.69) is 54.5 Å². The van der Waals surface area contributed by atoms with Gasteiger partial charge in [-0.05, 0) is 56.1 Å². The molecule has 1 N–H and O–H groups in total. The highest BCUT2D eigenvalue weighted by molar-refractivity contribution is 5.82. The van der Waals surface area contributed by atoms with Crippen molar-refractivity contribution >= 4 is 16.5 Å². The minimum atomic E-state index is 1.05. The number of nitrogens with zero attached hydrogens (tertiary/aromatic N) is 1. The number of fused-ring (bicyclic) bond motifs is 1. The predicted octanol–water partition coefficient (Wildman–Crippen LogP) is 4.03. The first-order chi connectivity index (χ1) is 9.31. The van der Waals surface area contributed by atoms with Crippen molar-refractivity contribution in [3.63, 3.8) is 0 Å². The Morgan fingerprint density at radius 2 is 2.16 bits per heavy atom. The van der Waals surface area contributed by atoms with Crippen LogP contribution in [0.2, 0.25) is 0 Å². The number of pyridine rings is 1. The molecule has 2 nitrogen and oxygen atoms in total. The zero-order valence-electron chi connectivity index (χ0n) is 11.8. The number of aromatic nitrogens is 1. The van der Waals surface area contributed by atoms with Gasteiger partial charge in [-0.1, -0.05) is 31.2 Å². The fourth-order valence-corrected chi connectivity index (χ4v) is 2.12. The highest BCUT2D eigenvalue weighted by Gasteiger charge is 1.98. The van der Waals surface area contributed by atoms with Gasteiger partial charge < -0.3 is 5.32 Å².